The zero-order chi connectivity index (χ0) is 14.4. The van der Waals surface area contributed by atoms with Crippen molar-refractivity contribution in [2.45, 2.75) is 52.6 Å². The smallest absolute Gasteiger partial charge is 0.277 e. The molecule has 5 heteroatoms. The Morgan fingerprint density at radius 3 is 1.68 bits per heavy atom. The van der Waals surface area contributed by atoms with Gasteiger partial charge in [0.05, 0.1) is 6.93 Å². The average Bonchev–Trinajstić information content (AvgIpc) is 2.22. The monoisotopic (exact) mass is 340 g/mol. The highest BCUT2D eigenvalue weighted by Crippen LogP contribution is 2.66. The van der Waals surface area contributed by atoms with E-state index in [-0.39, 0.29) is 11.1 Å². The molecular formula is C14H23BBrN2P. The molecule has 0 aliphatic carbocycles. The minimum atomic E-state index is -0.404. The Bertz CT molecular complexity index is 419. The van der Waals surface area contributed by atoms with Gasteiger partial charge in [-0.3, -0.25) is 9.16 Å². The molecule has 104 valence electrons. The molecule has 19 heavy (non-hydrogen) atoms. The van der Waals surface area contributed by atoms with Crippen LogP contribution in [0.3, 0.4) is 0 Å². The summed E-state index contributed by atoms with van der Waals surface area (Å²) < 4.78 is 5.17. The predicted octanol–water partition coefficient (Wildman–Crippen LogP) is 4.22. The molecule has 1 aliphatic heterocycles. The minimum absolute atomic E-state index is 0.164. The maximum atomic E-state index is 3.92. The van der Waals surface area contributed by atoms with Crippen molar-refractivity contribution in [2.24, 2.45) is 0 Å². The van der Waals surface area contributed by atoms with Gasteiger partial charge in [-0.2, -0.15) is 0 Å². The van der Waals surface area contributed by atoms with Crippen molar-refractivity contribution in [2.75, 3.05) is 0 Å². The number of rotatable bonds is 1. The first-order chi connectivity index (χ1) is 8.64. The fourth-order valence-corrected chi connectivity index (χ4v) is 8.25. The van der Waals surface area contributed by atoms with Crippen molar-refractivity contribution in [3.05, 3.63) is 30.3 Å². The van der Waals surface area contributed by atoms with E-state index in [9.17, 15) is 0 Å². The van der Waals surface area contributed by atoms with Crippen LogP contribution in [0.2, 0.25) is 0 Å². The first kappa shape index (κ1) is 15.5. The van der Waals surface area contributed by atoms with Crippen LogP contribution in [-0.4, -0.2) is 27.2 Å². The molecule has 0 spiro atoms. The van der Waals surface area contributed by atoms with Gasteiger partial charge >= 0.3 is 6.98 Å². The predicted molar refractivity (Wildman–Crippen MR) is 90.9 cm³/mol. The zero-order valence-electron chi connectivity index (χ0n) is 12.7. The van der Waals surface area contributed by atoms with E-state index in [1.807, 2.05) is 0 Å². The Kier molecular flexibility index (Phi) is 4.20. The lowest BCUT2D eigenvalue weighted by Gasteiger charge is -2.62. The van der Waals surface area contributed by atoms with Gasteiger partial charge in [0.25, 0.3) is 0 Å². The first-order valence-electron chi connectivity index (χ1n) is 6.73. The molecule has 0 bridgehead atoms. The molecule has 1 fully saturated rings. The minimum Gasteiger partial charge on any atom is -0.277 e. The summed E-state index contributed by atoms with van der Waals surface area (Å²) in [7, 11) is 0. The maximum Gasteiger partial charge on any atom is 0.357 e. The van der Waals surface area contributed by atoms with Gasteiger partial charge in [0.1, 0.15) is 0 Å². The quantitative estimate of drug-likeness (QED) is 0.558. The van der Waals surface area contributed by atoms with Crippen molar-refractivity contribution in [1.82, 2.24) is 9.16 Å². The van der Waals surface area contributed by atoms with Gasteiger partial charge in [-0.15, -0.1) is 0 Å². The van der Waals surface area contributed by atoms with E-state index in [1.165, 1.54) is 5.46 Å². The molecule has 2 rings (SSSR count). The normalized spacial score (nSPS) is 19.6. The Labute approximate surface area is 127 Å². The van der Waals surface area contributed by atoms with Gasteiger partial charge in [-0.25, -0.2) is 0 Å². The highest BCUT2D eigenvalue weighted by atomic mass is 79.9. The van der Waals surface area contributed by atoms with Gasteiger partial charge in [0, 0.05) is 11.1 Å². The van der Waals surface area contributed by atoms with Crippen LogP contribution in [0.15, 0.2) is 30.3 Å². The molecule has 0 N–H and O–H groups in total. The second kappa shape index (κ2) is 5.14. The molecular weight excluding hydrogens is 318 g/mol. The van der Waals surface area contributed by atoms with Gasteiger partial charge in [0.2, 0.25) is 0 Å². The van der Waals surface area contributed by atoms with E-state index in [1.54, 1.807) is 0 Å². The zero-order valence-corrected chi connectivity index (χ0v) is 15.2. The van der Waals surface area contributed by atoms with Gasteiger partial charge in [-0.05, 0) is 62.5 Å². The lowest BCUT2D eigenvalue weighted by Crippen LogP contribution is -2.73. The summed E-state index contributed by atoms with van der Waals surface area (Å²) in [5.74, 6) is 0. The molecule has 1 saturated heterocycles. The summed E-state index contributed by atoms with van der Waals surface area (Å²) in [6, 6.07) is 10.8. The van der Waals surface area contributed by atoms with Crippen LogP contribution in [0.1, 0.15) is 41.5 Å². The van der Waals surface area contributed by atoms with Crippen LogP contribution >= 0.6 is 22.4 Å². The van der Waals surface area contributed by atoms with Crippen molar-refractivity contribution in [3.63, 3.8) is 0 Å². The number of halogens is 1. The van der Waals surface area contributed by atoms with E-state index in [0.717, 1.165) is 0 Å². The summed E-state index contributed by atoms with van der Waals surface area (Å²) in [6.07, 6.45) is 0. The molecule has 1 aliphatic rings. The van der Waals surface area contributed by atoms with E-state index in [2.05, 4.69) is 96.5 Å². The van der Waals surface area contributed by atoms with Crippen molar-refractivity contribution >= 4 is 34.9 Å². The van der Waals surface area contributed by atoms with Gasteiger partial charge in [-0.1, -0.05) is 30.3 Å². The Morgan fingerprint density at radius 2 is 1.32 bits per heavy atom. The summed E-state index contributed by atoms with van der Waals surface area (Å²) in [6.45, 7) is 13.7. The molecule has 0 atom stereocenters. The molecule has 1 aromatic carbocycles. The van der Waals surface area contributed by atoms with E-state index in [4.69, 9.17) is 0 Å². The van der Waals surface area contributed by atoms with E-state index >= 15 is 0 Å². The maximum absolute atomic E-state index is 3.92. The fourth-order valence-electron chi connectivity index (χ4n) is 2.48. The lowest BCUT2D eigenvalue weighted by molar-refractivity contribution is 0.265. The third-order valence-corrected chi connectivity index (χ3v) is 7.69. The Morgan fingerprint density at radius 1 is 0.895 bits per heavy atom. The number of hydrogen-bond acceptors (Lipinski definition) is 2. The van der Waals surface area contributed by atoms with E-state index in [0.29, 0.717) is 6.98 Å². The molecule has 0 saturated carbocycles. The Hall–Kier alpha value is 0.115. The van der Waals surface area contributed by atoms with Crippen LogP contribution in [0.5, 0.6) is 0 Å². The molecule has 1 aromatic rings. The third-order valence-electron chi connectivity index (χ3n) is 3.29. The van der Waals surface area contributed by atoms with Crippen LogP contribution in [-0.2, 0) is 0 Å². The van der Waals surface area contributed by atoms with Gasteiger partial charge < -0.3 is 0 Å². The standard InChI is InChI=1S/C14H23BBrN2P/c1-13(2,3)17-15(12-10-8-7-9-11-12)18(19(17)16)14(4,5)6/h7-11H,1-6H3. The molecule has 0 aromatic heterocycles. The molecule has 0 amide bonds. The average molecular weight is 341 g/mol. The van der Waals surface area contributed by atoms with Crippen molar-refractivity contribution in [3.8, 4) is 0 Å². The summed E-state index contributed by atoms with van der Waals surface area (Å²) in [5, 5.41) is 0. The summed E-state index contributed by atoms with van der Waals surface area (Å²) >= 11 is 3.92. The van der Waals surface area contributed by atoms with E-state index < -0.39 is 6.93 Å². The largest absolute Gasteiger partial charge is 0.357 e. The van der Waals surface area contributed by atoms with Crippen LogP contribution in [0, 0.1) is 0 Å². The molecule has 2 nitrogen and oxygen atoms in total. The first-order valence-corrected chi connectivity index (χ1v) is 10.00. The molecule has 0 unspecified atom stereocenters. The fraction of sp³-hybridized carbons (Fsp3) is 0.571. The molecule has 0 radical (unpaired) electrons. The van der Waals surface area contributed by atoms with Crippen LogP contribution < -0.4 is 5.46 Å². The second-order valence-corrected chi connectivity index (χ2v) is 10.3. The number of hydrogen-bond donors (Lipinski definition) is 0. The third kappa shape index (κ3) is 2.92. The van der Waals surface area contributed by atoms with Crippen LogP contribution in [0.4, 0.5) is 0 Å². The second-order valence-electron chi connectivity index (χ2n) is 7.06. The topological polar surface area (TPSA) is 6.48 Å². The highest BCUT2D eigenvalue weighted by Gasteiger charge is 2.57. The van der Waals surface area contributed by atoms with Crippen molar-refractivity contribution < 1.29 is 0 Å². The molecule has 1 heterocycles. The van der Waals surface area contributed by atoms with Crippen molar-refractivity contribution in [1.29, 1.82) is 0 Å². The Balaban J connectivity index is 2.39. The summed E-state index contributed by atoms with van der Waals surface area (Å²) in [5.41, 5.74) is 1.71. The number of benzene rings is 1. The highest BCUT2D eigenvalue weighted by molar-refractivity contribution is 9.39. The van der Waals surface area contributed by atoms with Crippen LogP contribution in [0.25, 0.3) is 0 Å². The summed E-state index contributed by atoms with van der Waals surface area (Å²) in [4.78, 5) is 0. The SMILES string of the molecule is CC(C)(C)N1B(c2ccccc2)N(C(C)(C)C)P1Br. The van der Waals surface area contributed by atoms with Gasteiger partial charge in [0.15, 0.2) is 0 Å². The number of nitrogens with zero attached hydrogens (tertiary/aromatic N) is 2. The lowest BCUT2D eigenvalue weighted by atomic mass is 9.64.